The van der Waals surface area contributed by atoms with Crippen molar-refractivity contribution in [2.75, 3.05) is 0 Å². The van der Waals surface area contributed by atoms with Crippen molar-refractivity contribution in [3.05, 3.63) is 40.2 Å². The molecule has 1 aromatic carbocycles. The monoisotopic (exact) mass is 258 g/mol. The molecule has 2 unspecified atom stereocenters. The summed E-state index contributed by atoms with van der Waals surface area (Å²) in [6, 6.07) is 7.16. The summed E-state index contributed by atoms with van der Waals surface area (Å²) < 4.78 is 16.1. The highest BCUT2D eigenvalue weighted by Gasteiger charge is 2.57. The normalized spacial score (nSPS) is 27.8. The molecule has 0 saturated carbocycles. The number of hydrogen-bond donors (Lipinski definition) is 0. The fourth-order valence-electron chi connectivity index (χ4n) is 2.88. The number of para-hydroxylation sites is 1. The van der Waals surface area contributed by atoms with Crippen molar-refractivity contribution in [2.45, 2.75) is 25.0 Å². The average molecular weight is 258 g/mol. The van der Waals surface area contributed by atoms with Crippen molar-refractivity contribution >= 4 is 16.9 Å². The molecule has 19 heavy (non-hydrogen) atoms. The van der Waals surface area contributed by atoms with Gasteiger partial charge in [0.15, 0.2) is 0 Å². The molecule has 5 heteroatoms. The van der Waals surface area contributed by atoms with Crippen LogP contribution in [0.3, 0.4) is 0 Å². The lowest BCUT2D eigenvalue weighted by Gasteiger charge is -2.16. The number of esters is 1. The van der Waals surface area contributed by atoms with E-state index in [0.29, 0.717) is 16.9 Å². The minimum absolute atomic E-state index is 0.133. The van der Waals surface area contributed by atoms with Crippen LogP contribution < -0.4 is 10.4 Å². The Hall–Kier alpha value is -2.30. The Morgan fingerprint density at radius 3 is 2.84 bits per heavy atom. The smallest absolute Gasteiger partial charge is 0.344 e. The summed E-state index contributed by atoms with van der Waals surface area (Å²) in [5.41, 5.74) is -0.336. The number of benzene rings is 1. The first kappa shape index (κ1) is 10.6. The standard InChI is InChI=1S/C14H10O5/c1-14-6-9(15)18-13(14)19-11-7-4-2-3-5-8(7)17-12(16)10(11)14/h2-5,13H,6H2,1H3. The maximum atomic E-state index is 12.2. The van der Waals surface area contributed by atoms with E-state index in [2.05, 4.69) is 0 Å². The Labute approximate surface area is 107 Å². The van der Waals surface area contributed by atoms with Gasteiger partial charge in [-0.15, -0.1) is 0 Å². The molecule has 4 rings (SSSR count). The molecule has 3 heterocycles. The van der Waals surface area contributed by atoms with Gasteiger partial charge in [0.1, 0.15) is 11.3 Å². The van der Waals surface area contributed by atoms with Crippen molar-refractivity contribution in [1.82, 2.24) is 0 Å². The quantitative estimate of drug-likeness (QED) is 0.531. The van der Waals surface area contributed by atoms with Crippen LogP contribution in [0.4, 0.5) is 0 Å². The summed E-state index contributed by atoms with van der Waals surface area (Å²) in [4.78, 5) is 23.6. The van der Waals surface area contributed by atoms with Crippen LogP contribution in [0.5, 0.6) is 5.75 Å². The first-order valence-corrected chi connectivity index (χ1v) is 6.02. The van der Waals surface area contributed by atoms with Gasteiger partial charge >= 0.3 is 11.6 Å². The Bertz CT molecular complexity index is 775. The predicted molar refractivity (Wildman–Crippen MR) is 65.0 cm³/mol. The van der Waals surface area contributed by atoms with E-state index in [1.54, 1.807) is 19.1 Å². The van der Waals surface area contributed by atoms with Crippen LogP contribution in [0.15, 0.2) is 33.5 Å². The molecule has 2 aliphatic rings. The molecule has 0 spiro atoms. The van der Waals surface area contributed by atoms with E-state index in [9.17, 15) is 9.59 Å². The van der Waals surface area contributed by atoms with Crippen molar-refractivity contribution in [1.29, 1.82) is 0 Å². The van der Waals surface area contributed by atoms with Crippen molar-refractivity contribution in [3.8, 4) is 5.75 Å². The Balaban J connectivity index is 2.09. The zero-order valence-corrected chi connectivity index (χ0v) is 10.1. The highest BCUT2D eigenvalue weighted by Crippen LogP contribution is 2.49. The van der Waals surface area contributed by atoms with E-state index in [4.69, 9.17) is 13.9 Å². The summed E-state index contributed by atoms with van der Waals surface area (Å²) in [7, 11) is 0. The second-order valence-electron chi connectivity index (χ2n) is 5.12. The van der Waals surface area contributed by atoms with Gasteiger partial charge in [0.2, 0.25) is 0 Å². The molecule has 2 aliphatic heterocycles. The molecule has 96 valence electrons. The van der Waals surface area contributed by atoms with Gasteiger partial charge in [-0.3, -0.25) is 4.79 Å². The number of rotatable bonds is 0. The van der Waals surface area contributed by atoms with Gasteiger partial charge in [0.25, 0.3) is 6.29 Å². The predicted octanol–water partition coefficient (Wildman–Crippen LogP) is 1.72. The number of hydrogen-bond acceptors (Lipinski definition) is 5. The summed E-state index contributed by atoms with van der Waals surface area (Å²) in [5.74, 6) is 0.123. The van der Waals surface area contributed by atoms with Gasteiger partial charge in [-0.2, -0.15) is 0 Å². The minimum atomic E-state index is -0.753. The number of fused-ring (bicyclic) bond motifs is 5. The third-order valence-electron chi connectivity index (χ3n) is 3.83. The van der Waals surface area contributed by atoms with E-state index in [-0.39, 0.29) is 12.4 Å². The van der Waals surface area contributed by atoms with E-state index >= 15 is 0 Å². The summed E-state index contributed by atoms with van der Waals surface area (Å²) in [5, 5.41) is 0.726. The lowest BCUT2D eigenvalue weighted by atomic mass is 9.82. The van der Waals surface area contributed by atoms with Crippen LogP contribution in [0.25, 0.3) is 11.0 Å². The number of carbonyl (C=O) groups is 1. The second kappa shape index (κ2) is 3.17. The first-order chi connectivity index (χ1) is 9.09. The molecule has 0 amide bonds. The minimum Gasteiger partial charge on any atom is -0.452 e. The molecule has 1 fully saturated rings. The molecule has 0 N–H and O–H groups in total. The van der Waals surface area contributed by atoms with Crippen LogP contribution in [-0.2, 0) is 14.9 Å². The van der Waals surface area contributed by atoms with E-state index < -0.39 is 17.3 Å². The average Bonchev–Trinajstić information content (AvgIpc) is 2.78. The molecular weight excluding hydrogens is 248 g/mol. The van der Waals surface area contributed by atoms with Gasteiger partial charge in [-0.25, -0.2) is 4.79 Å². The van der Waals surface area contributed by atoms with Gasteiger partial charge in [0.05, 0.1) is 22.8 Å². The molecule has 0 radical (unpaired) electrons. The number of ether oxygens (including phenoxy) is 2. The summed E-state index contributed by atoms with van der Waals surface area (Å²) in [6.45, 7) is 1.79. The van der Waals surface area contributed by atoms with E-state index in [0.717, 1.165) is 5.39 Å². The maximum absolute atomic E-state index is 12.2. The van der Waals surface area contributed by atoms with E-state index in [1.165, 1.54) is 0 Å². The molecule has 1 saturated heterocycles. The third kappa shape index (κ3) is 1.19. The van der Waals surface area contributed by atoms with Crippen LogP contribution in [0, 0.1) is 0 Å². The highest BCUT2D eigenvalue weighted by molar-refractivity contribution is 5.87. The number of carbonyl (C=O) groups excluding carboxylic acids is 1. The molecule has 2 aromatic rings. The van der Waals surface area contributed by atoms with Crippen LogP contribution in [0.2, 0.25) is 0 Å². The maximum Gasteiger partial charge on any atom is 0.344 e. The molecule has 1 aromatic heterocycles. The molecule has 0 bridgehead atoms. The zero-order valence-electron chi connectivity index (χ0n) is 10.1. The fraction of sp³-hybridized carbons (Fsp3) is 0.286. The van der Waals surface area contributed by atoms with E-state index in [1.807, 2.05) is 12.1 Å². The van der Waals surface area contributed by atoms with Crippen LogP contribution in [-0.4, -0.2) is 12.3 Å². The summed E-state index contributed by atoms with van der Waals surface area (Å²) in [6.07, 6.45) is -0.600. The molecular formula is C14H10O5. The highest BCUT2D eigenvalue weighted by atomic mass is 16.7. The summed E-state index contributed by atoms with van der Waals surface area (Å²) >= 11 is 0. The SMILES string of the molecule is CC12CC(=O)OC1Oc1c2c(=O)oc2ccccc12. The van der Waals surface area contributed by atoms with Gasteiger partial charge in [-0.1, -0.05) is 12.1 Å². The first-order valence-electron chi connectivity index (χ1n) is 6.02. The topological polar surface area (TPSA) is 65.7 Å². The molecule has 0 aliphatic carbocycles. The van der Waals surface area contributed by atoms with Crippen molar-refractivity contribution < 1.29 is 18.7 Å². The van der Waals surface area contributed by atoms with Crippen LogP contribution >= 0.6 is 0 Å². The lowest BCUT2D eigenvalue weighted by Crippen LogP contribution is -2.33. The molecule has 5 nitrogen and oxygen atoms in total. The van der Waals surface area contributed by atoms with Gasteiger partial charge in [0, 0.05) is 0 Å². The second-order valence-corrected chi connectivity index (χ2v) is 5.12. The van der Waals surface area contributed by atoms with Crippen LogP contribution in [0.1, 0.15) is 18.9 Å². The lowest BCUT2D eigenvalue weighted by molar-refractivity contribution is -0.151. The Kier molecular flexibility index (Phi) is 1.77. The zero-order chi connectivity index (χ0) is 13.2. The molecule has 2 atom stereocenters. The van der Waals surface area contributed by atoms with Crippen molar-refractivity contribution in [2.24, 2.45) is 0 Å². The largest absolute Gasteiger partial charge is 0.452 e. The third-order valence-corrected chi connectivity index (χ3v) is 3.83. The van der Waals surface area contributed by atoms with Gasteiger partial charge < -0.3 is 13.9 Å². The Morgan fingerprint density at radius 2 is 2.00 bits per heavy atom. The fourth-order valence-corrected chi connectivity index (χ4v) is 2.88. The van der Waals surface area contributed by atoms with Crippen molar-refractivity contribution in [3.63, 3.8) is 0 Å². The van der Waals surface area contributed by atoms with Gasteiger partial charge in [-0.05, 0) is 19.1 Å². The Morgan fingerprint density at radius 1 is 1.21 bits per heavy atom.